The summed E-state index contributed by atoms with van der Waals surface area (Å²) in [5.74, 6) is -1.33. The summed E-state index contributed by atoms with van der Waals surface area (Å²) in [5, 5.41) is 5.31. The van der Waals surface area contributed by atoms with Gasteiger partial charge in [0.1, 0.15) is 0 Å². The Morgan fingerprint density at radius 3 is 2.18 bits per heavy atom. The van der Waals surface area contributed by atoms with Gasteiger partial charge in [0.15, 0.2) is 0 Å². The zero-order valence-corrected chi connectivity index (χ0v) is 13.1. The van der Waals surface area contributed by atoms with E-state index in [0.29, 0.717) is 11.4 Å². The van der Waals surface area contributed by atoms with Crippen LogP contribution in [0.1, 0.15) is 23.6 Å². The Morgan fingerprint density at radius 2 is 1.55 bits per heavy atom. The van der Waals surface area contributed by atoms with Crippen LogP contribution in [0.3, 0.4) is 0 Å². The SMILES string of the molecule is CCc1ccccc1NC(=O)C(=O)Nc1ccc(C)cc1C. The van der Waals surface area contributed by atoms with Crippen molar-refractivity contribution in [3.05, 3.63) is 59.2 Å². The third kappa shape index (κ3) is 3.73. The van der Waals surface area contributed by atoms with E-state index in [9.17, 15) is 9.59 Å². The van der Waals surface area contributed by atoms with Crippen molar-refractivity contribution in [2.75, 3.05) is 10.6 Å². The van der Waals surface area contributed by atoms with Crippen molar-refractivity contribution < 1.29 is 9.59 Å². The second kappa shape index (κ2) is 6.89. The van der Waals surface area contributed by atoms with Crippen molar-refractivity contribution in [3.63, 3.8) is 0 Å². The molecule has 0 aliphatic carbocycles. The predicted octanol–water partition coefficient (Wildman–Crippen LogP) is 3.44. The van der Waals surface area contributed by atoms with Gasteiger partial charge in [-0.2, -0.15) is 0 Å². The molecule has 0 saturated heterocycles. The van der Waals surface area contributed by atoms with Gasteiger partial charge < -0.3 is 10.6 Å². The smallest absolute Gasteiger partial charge is 0.314 e. The molecule has 22 heavy (non-hydrogen) atoms. The molecule has 2 aromatic rings. The Morgan fingerprint density at radius 1 is 0.909 bits per heavy atom. The molecule has 2 aromatic carbocycles. The molecule has 0 saturated carbocycles. The number of hydrogen-bond acceptors (Lipinski definition) is 2. The molecule has 0 unspecified atom stereocenters. The van der Waals surface area contributed by atoms with Gasteiger partial charge in [0.05, 0.1) is 0 Å². The number of para-hydroxylation sites is 1. The van der Waals surface area contributed by atoms with E-state index >= 15 is 0 Å². The standard InChI is InChI=1S/C18H20N2O2/c1-4-14-7-5-6-8-16(14)20-18(22)17(21)19-15-10-9-12(2)11-13(15)3/h5-11H,4H2,1-3H3,(H,19,21)(H,20,22). The van der Waals surface area contributed by atoms with Crippen LogP contribution in [-0.4, -0.2) is 11.8 Å². The zero-order valence-electron chi connectivity index (χ0n) is 13.1. The summed E-state index contributed by atoms with van der Waals surface area (Å²) in [5.41, 5.74) is 4.35. The van der Waals surface area contributed by atoms with Crippen LogP contribution >= 0.6 is 0 Å². The topological polar surface area (TPSA) is 58.2 Å². The molecule has 0 atom stereocenters. The molecule has 0 fully saturated rings. The summed E-state index contributed by atoms with van der Waals surface area (Å²) in [7, 11) is 0. The lowest BCUT2D eigenvalue weighted by Gasteiger charge is -2.11. The van der Waals surface area contributed by atoms with E-state index in [-0.39, 0.29) is 0 Å². The second-order valence-electron chi connectivity index (χ2n) is 5.24. The highest BCUT2D eigenvalue weighted by molar-refractivity contribution is 6.43. The van der Waals surface area contributed by atoms with Gasteiger partial charge in [-0.3, -0.25) is 9.59 Å². The fourth-order valence-electron chi connectivity index (χ4n) is 2.26. The van der Waals surface area contributed by atoms with Crippen molar-refractivity contribution in [1.82, 2.24) is 0 Å². The van der Waals surface area contributed by atoms with Crippen LogP contribution in [0.5, 0.6) is 0 Å². The van der Waals surface area contributed by atoms with E-state index in [1.54, 1.807) is 12.1 Å². The average Bonchev–Trinajstić information content (AvgIpc) is 2.50. The molecule has 0 aromatic heterocycles. The van der Waals surface area contributed by atoms with Crippen LogP contribution in [-0.2, 0) is 16.0 Å². The van der Waals surface area contributed by atoms with Crippen LogP contribution < -0.4 is 10.6 Å². The number of benzene rings is 2. The molecule has 0 aliphatic rings. The normalized spacial score (nSPS) is 10.1. The molecule has 2 rings (SSSR count). The molecule has 0 spiro atoms. The first kappa shape index (κ1) is 15.8. The van der Waals surface area contributed by atoms with Gasteiger partial charge in [-0.25, -0.2) is 0 Å². The first-order valence-corrected chi connectivity index (χ1v) is 7.28. The average molecular weight is 296 g/mol. The predicted molar refractivity (Wildman–Crippen MR) is 89.0 cm³/mol. The lowest BCUT2D eigenvalue weighted by molar-refractivity contribution is -0.133. The minimum atomic E-state index is -0.669. The maximum absolute atomic E-state index is 12.0. The molecule has 0 aliphatic heterocycles. The Balaban J connectivity index is 2.08. The number of aryl methyl sites for hydroxylation is 3. The third-order valence-electron chi connectivity index (χ3n) is 3.48. The number of carbonyl (C=O) groups is 2. The summed E-state index contributed by atoms with van der Waals surface area (Å²) < 4.78 is 0. The van der Waals surface area contributed by atoms with Crippen LogP contribution in [0.15, 0.2) is 42.5 Å². The number of amides is 2. The Labute approximate surface area is 130 Å². The van der Waals surface area contributed by atoms with Crippen LogP contribution in [0.2, 0.25) is 0 Å². The number of nitrogens with one attached hydrogen (secondary N) is 2. The highest BCUT2D eigenvalue weighted by atomic mass is 16.2. The maximum Gasteiger partial charge on any atom is 0.314 e. The van der Waals surface area contributed by atoms with Gasteiger partial charge in [0.25, 0.3) is 0 Å². The lowest BCUT2D eigenvalue weighted by atomic mass is 10.1. The van der Waals surface area contributed by atoms with Crippen molar-refractivity contribution in [2.45, 2.75) is 27.2 Å². The maximum atomic E-state index is 12.0. The molecule has 0 heterocycles. The molecule has 0 radical (unpaired) electrons. The van der Waals surface area contributed by atoms with Crippen molar-refractivity contribution in [3.8, 4) is 0 Å². The van der Waals surface area contributed by atoms with E-state index in [2.05, 4.69) is 10.6 Å². The van der Waals surface area contributed by atoms with E-state index in [0.717, 1.165) is 23.1 Å². The molecule has 4 heteroatoms. The number of hydrogen-bond donors (Lipinski definition) is 2. The molecule has 2 N–H and O–H groups in total. The second-order valence-corrected chi connectivity index (χ2v) is 5.24. The minimum Gasteiger partial charge on any atom is -0.318 e. The van der Waals surface area contributed by atoms with Crippen molar-refractivity contribution in [1.29, 1.82) is 0 Å². The van der Waals surface area contributed by atoms with Gasteiger partial charge in [-0.1, -0.05) is 42.8 Å². The number of rotatable bonds is 3. The highest BCUT2D eigenvalue weighted by Crippen LogP contribution is 2.17. The summed E-state index contributed by atoms with van der Waals surface area (Å²) in [6.45, 7) is 5.88. The van der Waals surface area contributed by atoms with E-state index in [1.165, 1.54) is 0 Å². The fourth-order valence-corrected chi connectivity index (χ4v) is 2.26. The van der Waals surface area contributed by atoms with Gasteiger partial charge in [0, 0.05) is 11.4 Å². The number of anilines is 2. The van der Waals surface area contributed by atoms with Gasteiger partial charge in [-0.15, -0.1) is 0 Å². The summed E-state index contributed by atoms with van der Waals surface area (Å²) in [4.78, 5) is 24.1. The molecular formula is C18H20N2O2. The molecule has 2 amide bonds. The quantitative estimate of drug-likeness (QED) is 0.852. The summed E-state index contributed by atoms with van der Waals surface area (Å²) in [6, 6.07) is 13.1. The van der Waals surface area contributed by atoms with Gasteiger partial charge in [-0.05, 0) is 43.5 Å². The third-order valence-corrected chi connectivity index (χ3v) is 3.48. The number of carbonyl (C=O) groups excluding carboxylic acids is 2. The van der Waals surface area contributed by atoms with Crippen molar-refractivity contribution in [2.24, 2.45) is 0 Å². The monoisotopic (exact) mass is 296 g/mol. The first-order chi connectivity index (χ1) is 10.5. The van der Waals surface area contributed by atoms with Crippen LogP contribution in [0.4, 0.5) is 11.4 Å². The molecular weight excluding hydrogens is 276 g/mol. The molecule has 0 bridgehead atoms. The Hall–Kier alpha value is -2.62. The molecule has 4 nitrogen and oxygen atoms in total. The van der Waals surface area contributed by atoms with Gasteiger partial charge in [0.2, 0.25) is 0 Å². The van der Waals surface area contributed by atoms with Crippen LogP contribution in [0, 0.1) is 13.8 Å². The van der Waals surface area contributed by atoms with E-state index in [1.807, 2.05) is 51.1 Å². The largest absolute Gasteiger partial charge is 0.318 e. The summed E-state index contributed by atoms with van der Waals surface area (Å²) in [6.07, 6.45) is 0.787. The minimum absolute atomic E-state index is 0.648. The lowest BCUT2D eigenvalue weighted by Crippen LogP contribution is -2.29. The molecule has 114 valence electrons. The van der Waals surface area contributed by atoms with Crippen LogP contribution in [0.25, 0.3) is 0 Å². The zero-order chi connectivity index (χ0) is 16.1. The highest BCUT2D eigenvalue weighted by Gasteiger charge is 2.16. The Bertz CT molecular complexity index is 708. The van der Waals surface area contributed by atoms with E-state index in [4.69, 9.17) is 0 Å². The van der Waals surface area contributed by atoms with Gasteiger partial charge >= 0.3 is 11.8 Å². The summed E-state index contributed by atoms with van der Waals surface area (Å²) >= 11 is 0. The fraction of sp³-hybridized carbons (Fsp3) is 0.222. The van der Waals surface area contributed by atoms with E-state index < -0.39 is 11.8 Å². The first-order valence-electron chi connectivity index (χ1n) is 7.28. The van der Waals surface area contributed by atoms with Crippen molar-refractivity contribution >= 4 is 23.2 Å². The Kier molecular flexibility index (Phi) is 4.94.